The van der Waals surface area contributed by atoms with E-state index in [0.29, 0.717) is 22.5 Å². The van der Waals surface area contributed by atoms with Gasteiger partial charge in [-0.25, -0.2) is 8.42 Å². The van der Waals surface area contributed by atoms with Gasteiger partial charge in [-0.2, -0.15) is 0 Å². The Hall–Kier alpha value is -3.37. The third-order valence-electron chi connectivity index (χ3n) is 6.35. The summed E-state index contributed by atoms with van der Waals surface area (Å²) in [6, 6.07) is 19.6. The highest BCUT2D eigenvalue weighted by atomic mass is 79.9. The van der Waals surface area contributed by atoms with Crippen LogP contribution >= 0.6 is 15.9 Å². The molecule has 3 rings (SSSR count). The third-order valence-corrected chi connectivity index (χ3v) is 8.63. The van der Waals surface area contributed by atoms with E-state index in [1.165, 1.54) is 17.0 Å². The molecule has 0 spiro atoms. The Kier molecular flexibility index (Phi) is 10.8. The van der Waals surface area contributed by atoms with Crippen molar-refractivity contribution >= 4 is 43.5 Å². The van der Waals surface area contributed by atoms with Crippen LogP contribution in [0.3, 0.4) is 0 Å². The number of hydrogen-bond donors (Lipinski definition) is 1. The first-order valence-electron chi connectivity index (χ1n) is 13.0. The van der Waals surface area contributed by atoms with Gasteiger partial charge < -0.3 is 15.0 Å². The van der Waals surface area contributed by atoms with Crippen molar-refractivity contribution in [3.63, 3.8) is 0 Å². The lowest BCUT2D eigenvalue weighted by Gasteiger charge is -2.32. The van der Waals surface area contributed by atoms with Crippen LogP contribution in [-0.4, -0.2) is 51.4 Å². The molecule has 0 heterocycles. The fraction of sp³-hybridized carbons (Fsp3) is 0.333. The van der Waals surface area contributed by atoms with E-state index in [9.17, 15) is 18.0 Å². The van der Waals surface area contributed by atoms with E-state index >= 15 is 0 Å². The van der Waals surface area contributed by atoms with Gasteiger partial charge in [0.15, 0.2) is 0 Å². The molecular weight excluding hydrogens is 594 g/mol. The van der Waals surface area contributed by atoms with Crippen LogP contribution in [0.5, 0.6) is 5.75 Å². The number of anilines is 1. The Morgan fingerprint density at radius 3 is 2.20 bits per heavy atom. The maximum atomic E-state index is 14.0. The average Bonchev–Trinajstić information content (AvgIpc) is 2.93. The first-order chi connectivity index (χ1) is 18.9. The molecule has 0 fully saturated rings. The Morgan fingerprint density at radius 1 is 0.975 bits per heavy atom. The van der Waals surface area contributed by atoms with Gasteiger partial charge in [0.2, 0.25) is 11.8 Å². The van der Waals surface area contributed by atoms with E-state index in [0.717, 1.165) is 15.4 Å². The number of carbonyl (C=O) groups is 2. The van der Waals surface area contributed by atoms with Gasteiger partial charge in [0.25, 0.3) is 10.0 Å². The molecule has 0 aliphatic heterocycles. The molecule has 0 radical (unpaired) electrons. The van der Waals surface area contributed by atoms with E-state index in [2.05, 4.69) is 21.2 Å². The van der Waals surface area contributed by atoms with Crippen molar-refractivity contribution in [1.82, 2.24) is 10.2 Å². The maximum absolute atomic E-state index is 14.0. The molecule has 0 unspecified atom stereocenters. The van der Waals surface area contributed by atoms with E-state index in [1.807, 2.05) is 32.9 Å². The number of benzene rings is 3. The minimum absolute atomic E-state index is 0.0651. The molecule has 0 bridgehead atoms. The molecule has 40 heavy (non-hydrogen) atoms. The minimum Gasteiger partial charge on any atom is -0.497 e. The summed E-state index contributed by atoms with van der Waals surface area (Å²) in [5, 5.41) is 2.88. The number of amides is 2. The van der Waals surface area contributed by atoms with Gasteiger partial charge in [-0.1, -0.05) is 65.7 Å². The van der Waals surface area contributed by atoms with Crippen LogP contribution in [0.4, 0.5) is 5.69 Å². The average molecular weight is 631 g/mol. The molecule has 0 aliphatic rings. The van der Waals surface area contributed by atoms with Gasteiger partial charge in [0.1, 0.15) is 18.3 Å². The predicted molar refractivity (Wildman–Crippen MR) is 161 cm³/mol. The van der Waals surface area contributed by atoms with Gasteiger partial charge >= 0.3 is 0 Å². The van der Waals surface area contributed by atoms with Crippen LogP contribution in [0.15, 0.2) is 82.2 Å². The SMILES string of the molecule is COc1ccc(CN(C(=O)CN(c2cccc(Br)c2)S(=O)(=O)c2ccc(C)cc2)[C@H](C)C(=O)NCC(C)C)cc1. The van der Waals surface area contributed by atoms with Crippen molar-refractivity contribution in [3.8, 4) is 5.75 Å². The third kappa shape index (κ3) is 8.08. The lowest BCUT2D eigenvalue weighted by Crippen LogP contribution is -2.51. The van der Waals surface area contributed by atoms with Crippen LogP contribution in [0, 0.1) is 12.8 Å². The van der Waals surface area contributed by atoms with Crippen molar-refractivity contribution in [3.05, 3.63) is 88.4 Å². The smallest absolute Gasteiger partial charge is 0.264 e. The lowest BCUT2D eigenvalue weighted by molar-refractivity contribution is -0.139. The highest BCUT2D eigenvalue weighted by Crippen LogP contribution is 2.27. The Bertz CT molecular complexity index is 1410. The zero-order valence-corrected chi connectivity index (χ0v) is 25.8. The number of sulfonamides is 1. The molecule has 0 saturated carbocycles. The van der Waals surface area contributed by atoms with E-state index < -0.39 is 28.5 Å². The summed E-state index contributed by atoms with van der Waals surface area (Å²) in [4.78, 5) is 28.5. The Balaban J connectivity index is 2.00. The molecule has 1 atom stereocenters. The number of methoxy groups -OCH3 is 1. The topological polar surface area (TPSA) is 96.0 Å². The van der Waals surface area contributed by atoms with Crippen molar-refractivity contribution in [2.75, 3.05) is 24.5 Å². The van der Waals surface area contributed by atoms with Gasteiger partial charge in [0, 0.05) is 17.6 Å². The van der Waals surface area contributed by atoms with E-state index in [4.69, 9.17) is 4.74 Å². The molecule has 3 aromatic carbocycles. The highest BCUT2D eigenvalue weighted by Gasteiger charge is 2.32. The van der Waals surface area contributed by atoms with Gasteiger partial charge in [-0.3, -0.25) is 13.9 Å². The quantitative estimate of drug-likeness (QED) is 0.299. The standard InChI is InChI=1S/C30H36BrN3O5S/c1-21(2)18-32-30(36)23(4)33(19-24-11-13-27(39-5)14-12-24)29(35)20-34(26-8-6-7-25(31)17-26)40(37,38)28-15-9-22(3)10-16-28/h6-17,21,23H,18-20H2,1-5H3,(H,32,36)/t23-/m1/s1. The van der Waals surface area contributed by atoms with Crippen molar-refractivity contribution in [2.45, 2.75) is 45.2 Å². The van der Waals surface area contributed by atoms with Gasteiger partial charge in [-0.05, 0) is 67.8 Å². The highest BCUT2D eigenvalue weighted by molar-refractivity contribution is 9.10. The monoisotopic (exact) mass is 629 g/mol. The number of halogens is 1. The predicted octanol–water partition coefficient (Wildman–Crippen LogP) is 5.15. The molecule has 0 aromatic heterocycles. The second kappa shape index (κ2) is 13.8. The van der Waals surface area contributed by atoms with Crippen LogP contribution in [0.2, 0.25) is 0 Å². The number of rotatable bonds is 12. The Labute approximate surface area is 245 Å². The summed E-state index contributed by atoms with van der Waals surface area (Å²) in [6.45, 7) is 7.55. The minimum atomic E-state index is -4.12. The molecule has 0 aliphatic carbocycles. The van der Waals surface area contributed by atoms with E-state index in [1.54, 1.807) is 62.6 Å². The van der Waals surface area contributed by atoms with Crippen molar-refractivity contribution in [2.24, 2.45) is 5.92 Å². The van der Waals surface area contributed by atoms with Crippen molar-refractivity contribution < 1.29 is 22.7 Å². The van der Waals surface area contributed by atoms with Crippen LogP contribution < -0.4 is 14.4 Å². The van der Waals surface area contributed by atoms with Crippen LogP contribution in [0.1, 0.15) is 31.9 Å². The molecule has 214 valence electrons. The lowest BCUT2D eigenvalue weighted by atomic mass is 10.1. The molecule has 10 heteroatoms. The summed E-state index contributed by atoms with van der Waals surface area (Å²) in [5.41, 5.74) is 2.01. The fourth-order valence-electron chi connectivity index (χ4n) is 3.96. The van der Waals surface area contributed by atoms with Gasteiger partial charge in [-0.15, -0.1) is 0 Å². The second-order valence-electron chi connectivity index (χ2n) is 9.99. The van der Waals surface area contributed by atoms with Gasteiger partial charge in [0.05, 0.1) is 17.7 Å². The molecule has 0 saturated heterocycles. The summed E-state index contributed by atoms with van der Waals surface area (Å²) in [7, 11) is -2.55. The number of hydrogen-bond acceptors (Lipinski definition) is 5. The summed E-state index contributed by atoms with van der Waals surface area (Å²) >= 11 is 3.41. The fourth-order valence-corrected chi connectivity index (χ4v) is 5.75. The number of carbonyl (C=O) groups excluding carboxylic acids is 2. The first-order valence-corrected chi connectivity index (χ1v) is 15.2. The number of ether oxygens (including phenoxy) is 1. The molecule has 1 N–H and O–H groups in total. The first kappa shape index (κ1) is 31.2. The normalized spacial score (nSPS) is 12.1. The number of aryl methyl sites for hydroxylation is 1. The van der Waals surface area contributed by atoms with E-state index in [-0.39, 0.29) is 23.3 Å². The summed E-state index contributed by atoms with van der Waals surface area (Å²) in [5.74, 6) is 0.0626. The largest absolute Gasteiger partial charge is 0.497 e. The zero-order valence-electron chi connectivity index (χ0n) is 23.4. The number of nitrogens with zero attached hydrogens (tertiary/aromatic N) is 2. The second-order valence-corrected chi connectivity index (χ2v) is 12.8. The zero-order chi connectivity index (χ0) is 29.4. The van der Waals surface area contributed by atoms with Crippen LogP contribution in [-0.2, 0) is 26.2 Å². The summed E-state index contributed by atoms with van der Waals surface area (Å²) < 4.78 is 34.7. The Morgan fingerprint density at radius 2 is 1.62 bits per heavy atom. The van der Waals surface area contributed by atoms with Crippen LogP contribution in [0.25, 0.3) is 0 Å². The molecular formula is C30H36BrN3O5S. The van der Waals surface area contributed by atoms with Crippen molar-refractivity contribution in [1.29, 1.82) is 0 Å². The number of nitrogens with one attached hydrogen (secondary N) is 1. The summed E-state index contributed by atoms with van der Waals surface area (Å²) in [6.07, 6.45) is 0. The molecule has 3 aromatic rings. The molecule has 8 nitrogen and oxygen atoms in total. The maximum Gasteiger partial charge on any atom is 0.264 e. The molecule has 2 amide bonds.